The first-order chi connectivity index (χ1) is 11.8. The van der Waals surface area contributed by atoms with Gasteiger partial charge >= 0.3 is 5.97 Å². The van der Waals surface area contributed by atoms with Crippen LogP contribution in [0.15, 0.2) is 59.5 Å². The Bertz CT molecular complexity index is 809. The van der Waals surface area contributed by atoms with Crippen molar-refractivity contribution in [3.8, 4) is 0 Å². The number of aliphatic hydroxyl groups excluding tert-OH is 1. The molecule has 2 unspecified atom stereocenters. The van der Waals surface area contributed by atoms with Crippen LogP contribution in [0.1, 0.15) is 18.6 Å². The van der Waals surface area contributed by atoms with Gasteiger partial charge in [-0.1, -0.05) is 41.9 Å². The lowest BCUT2D eigenvalue weighted by atomic mass is 10.0. The van der Waals surface area contributed by atoms with Crippen LogP contribution in [0.4, 0.5) is 0 Å². The predicted octanol–water partition coefficient (Wildman–Crippen LogP) is 2.28. The number of nitrogens with one attached hydrogen (secondary N) is 1. The third-order valence-electron chi connectivity index (χ3n) is 3.40. The molecule has 2 rings (SSSR count). The molecular formula is C17H18ClNO5S. The molecule has 2 aromatic rings. The van der Waals surface area contributed by atoms with E-state index in [0.29, 0.717) is 10.6 Å². The van der Waals surface area contributed by atoms with Gasteiger partial charge in [-0.05, 0) is 36.8 Å². The number of carbonyl (C=O) groups excluding carboxylic acids is 1. The van der Waals surface area contributed by atoms with Crippen LogP contribution in [0.2, 0.25) is 5.02 Å². The zero-order chi connectivity index (χ0) is 18.4. The molecule has 2 atom stereocenters. The van der Waals surface area contributed by atoms with E-state index in [0.717, 1.165) is 0 Å². The number of carbonyl (C=O) groups is 1. The number of benzene rings is 2. The van der Waals surface area contributed by atoms with Crippen LogP contribution < -0.4 is 4.72 Å². The molecule has 0 spiro atoms. The standard InChI is InChI=1S/C17H18ClNO5S/c1-2-24-17(21)15(16(20)12-6-4-3-5-7-12)19-25(22,23)14-10-8-13(18)9-11-14/h3-11,15-16,19-20H,2H2,1H3. The Morgan fingerprint density at radius 3 is 2.32 bits per heavy atom. The van der Waals surface area contributed by atoms with E-state index in [-0.39, 0.29) is 11.5 Å². The lowest BCUT2D eigenvalue weighted by Crippen LogP contribution is -2.45. The van der Waals surface area contributed by atoms with Gasteiger partial charge in [0.15, 0.2) is 0 Å². The Morgan fingerprint density at radius 2 is 1.76 bits per heavy atom. The quantitative estimate of drug-likeness (QED) is 0.715. The molecule has 0 saturated carbocycles. The average molecular weight is 384 g/mol. The fourth-order valence-corrected chi connectivity index (χ4v) is 3.48. The molecule has 2 N–H and O–H groups in total. The van der Waals surface area contributed by atoms with E-state index in [4.69, 9.17) is 16.3 Å². The second-order valence-corrected chi connectivity index (χ2v) is 7.31. The van der Waals surface area contributed by atoms with E-state index in [2.05, 4.69) is 4.72 Å². The highest BCUT2D eigenvalue weighted by Gasteiger charge is 2.33. The summed E-state index contributed by atoms with van der Waals surface area (Å²) in [6.07, 6.45) is -1.40. The van der Waals surface area contributed by atoms with E-state index in [1.165, 1.54) is 24.3 Å². The van der Waals surface area contributed by atoms with E-state index in [1.807, 2.05) is 0 Å². The molecule has 0 aliphatic carbocycles. The molecule has 0 fully saturated rings. The smallest absolute Gasteiger partial charge is 0.327 e. The predicted molar refractivity (Wildman–Crippen MR) is 93.6 cm³/mol. The minimum absolute atomic E-state index is 0.0551. The second kappa shape index (κ2) is 8.44. The summed E-state index contributed by atoms with van der Waals surface area (Å²) >= 11 is 5.76. The Balaban J connectivity index is 2.32. The number of aliphatic hydroxyl groups is 1. The topological polar surface area (TPSA) is 92.7 Å². The number of esters is 1. The molecule has 0 bridgehead atoms. The maximum atomic E-state index is 12.5. The Morgan fingerprint density at radius 1 is 1.16 bits per heavy atom. The maximum absolute atomic E-state index is 12.5. The minimum Gasteiger partial charge on any atom is -0.465 e. The Labute approximate surface area is 151 Å². The SMILES string of the molecule is CCOC(=O)C(NS(=O)(=O)c1ccc(Cl)cc1)C(O)c1ccccc1. The van der Waals surface area contributed by atoms with Gasteiger partial charge in [0.05, 0.1) is 11.5 Å². The van der Waals surface area contributed by atoms with Crippen molar-refractivity contribution in [2.24, 2.45) is 0 Å². The van der Waals surface area contributed by atoms with Crippen LogP contribution >= 0.6 is 11.6 Å². The van der Waals surface area contributed by atoms with Gasteiger partial charge in [-0.15, -0.1) is 0 Å². The number of rotatable bonds is 7. The first-order valence-corrected chi connectivity index (χ1v) is 9.39. The van der Waals surface area contributed by atoms with Crippen molar-refractivity contribution in [2.75, 3.05) is 6.61 Å². The van der Waals surface area contributed by atoms with E-state index in [9.17, 15) is 18.3 Å². The molecule has 8 heteroatoms. The van der Waals surface area contributed by atoms with Crippen molar-refractivity contribution in [1.82, 2.24) is 4.72 Å². The van der Waals surface area contributed by atoms with Gasteiger partial charge in [-0.25, -0.2) is 8.42 Å². The third kappa shape index (κ3) is 5.02. The van der Waals surface area contributed by atoms with Crippen molar-refractivity contribution >= 4 is 27.6 Å². The summed E-state index contributed by atoms with van der Waals surface area (Å²) < 4.78 is 32.2. The van der Waals surface area contributed by atoms with Crippen LogP contribution in [-0.2, 0) is 19.6 Å². The van der Waals surface area contributed by atoms with E-state index in [1.54, 1.807) is 37.3 Å². The molecule has 0 aliphatic rings. The van der Waals surface area contributed by atoms with Crippen LogP contribution in [0.3, 0.4) is 0 Å². The fourth-order valence-electron chi connectivity index (χ4n) is 2.17. The zero-order valence-corrected chi connectivity index (χ0v) is 15.0. The molecule has 25 heavy (non-hydrogen) atoms. The highest BCUT2D eigenvalue weighted by Crippen LogP contribution is 2.21. The van der Waals surface area contributed by atoms with Gasteiger partial charge < -0.3 is 9.84 Å². The van der Waals surface area contributed by atoms with Crippen LogP contribution in [0, 0.1) is 0 Å². The fraction of sp³-hybridized carbons (Fsp3) is 0.235. The molecule has 2 aromatic carbocycles. The normalized spacial score (nSPS) is 13.9. The number of sulfonamides is 1. The van der Waals surface area contributed by atoms with Crippen molar-refractivity contribution in [1.29, 1.82) is 0 Å². The van der Waals surface area contributed by atoms with Gasteiger partial charge in [0.1, 0.15) is 12.1 Å². The van der Waals surface area contributed by atoms with Crippen LogP contribution in [-0.4, -0.2) is 32.1 Å². The molecule has 0 saturated heterocycles. The molecule has 0 aliphatic heterocycles. The Kier molecular flexibility index (Phi) is 6.55. The summed E-state index contributed by atoms with van der Waals surface area (Å²) in [5.41, 5.74) is 0.388. The van der Waals surface area contributed by atoms with Crippen LogP contribution in [0.5, 0.6) is 0 Å². The van der Waals surface area contributed by atoms with Gasteiger partial charge in [0, 0.05) is 5.02 Å². The summed E-state index contributed by atoms with van der Waals surface area (Å²) in [7, 11) is -4.06. The summed E-state index contributed by atoms with van der Waals surface area (Å²) in [6.45, 7) is 1.65. The lowest BCUT2D eigenvalue weighted by molar-refractivity contribution is -0.148. The molecule has 0 radical (unpaired) electrons. The highest BCUT2D eigenvalue weighted by atomic mass is 35.5. The lowest BCUT2D eigenvalue weighted by Gasteiger charge is -2.22. The number of ether oxygens (including phenoxy) is 1. The number of hydrogen-bond donors (Lipinski definition) is 2. The van der Waals surface area contributed by atoms with Gasteiger partial charge in [0.25, 0.3) is 0 Å². The third-order valence-corrected chi connectivity index (χ3v) is 5.11. The summed E-state index contributed by atoms with van der Waals surface area (Å²) in [4.78, 5) is 12.1. The molecular weight excluding hydrogens is 366 g/mol. The molecule has 0 aromatic heterocycles. The minimum atomic E-state index is -4.06. The highest BCUT2D eigenvalue weighted by molar-refractivity contribution is 7.89. The molecule has 6 nitrogen and oxygen atoms in total. The van der Waals surface area contributed by atoms with Gasteiger partial charge in [-0.2, -0.15) is 4.72 Å². The largest absolute Gasteiger partial charge is 0.465 e. The Hall–Kier alpha value is -1.93. The number of hydrogen-bond acceptors (Lipinski definition) is 5. The van der Waals surface area contributed by atoms with Crippen molar-refractivity contribution in [3.63, 3.8) is 0 Å². The summed E-state index contributed by atoms with van der Waals surface area (Å²) in [6, 6.07) is 12.2. The number of halogens is 1. The van der Waals surface area contributed by atoms with Crippen molar-refractivity contribution < 1.29 is 23.1 Å². The first-order valence-electron chi connectivity index (χ1n) is 7.52. The zero-order valence-electron chi connectivity index (χ0n) is 13.4. The van der Waals surface area contributed by atoms with Gasteiger partial charge in [0.2, 0.25) is 10.0 Å². The molecule has 0 heterocycles. The monoisotopic (exact) mass is 383 g/mol. The van der Waals surface area contributed by atoms with Crippen molar-refractivity contribution in [2.45, 2.75) is 24.0 Å². The van der Waals surface area contributed by atoms with Gasteiger partial charge in [-0.3, -0.25) is 4.79 Å². The summed E-state index contributed by atoms with van der Waals surface area (Å²) in [5.74, 6) is -0.864. The molecule has 0 amide bonds. The van der Waals surface area contributed by atoms with Crippen molar-refractivity contribution in [3.05, 3.63) is 65.2 Å². The first kappa shape index (κ1) is 19.4. The van der Waals surface area contributed by atoms with Crippen LogP contribution in [0.25, 0.3) is 0 Å². The molecule has 134 valence electrons. The maximum Gasteiger partial charge on any atom is 0.327 e. The average Bonchev–Trinajstić information content (AvgIpc) is 2.60. The summed E-state index contributed by atoms with van der Waals surface area (Å²) in [5, 5.41) is 10.9. The second-order valence-electron chi connectivity index (χ2n) is 5.16. The van der Waals surface area contributed by atoms with E-state index >= 15 is 0 Å². The van der Waals surface area contributed by atoms with E-state index < -0.39 is 28.1 Å².